The van der Waals surface area contributed by atoms with Crippen LogP contribution in [0.15, 0.2) is 18.2 Å². The van der Waals surface area contributed by atoms with Crippen molar-refractivity contribution in [2.75, 3.05) is 79.4 Å². The summed E-state index contributed by atoms with van der Waals surface area (Å²) >= 11 is 0. The number of carbonyl (C=O) groups excluding carboxylic acids is 3. The summed E-state index contributed by atoms with van der Waals surface area (Å²) in [6.07, 6.45) is 7.77. The summed E-state index contributed by atoms with van der Waals surface area (Å²) in [5.41, 5.74) is 2.41. The van der Waals surface area contributed by atoms with Gasteiger partial charge in [-0.1, -0.05) is 25.7 Å². The molecule has 4 aliphatic heterocycles. The SMILES string of the molecule is COc1ccc2[nH]c3c(c2c1)CCN1C(=O)C(CC(=O)NCCN2CCOCC2)C[C@H](C(=O)N2CCOCC2)[C@@]31CCC1CCCC1. The van der Waals surface area contributed by atoms with Crippen LogP contribution in [0.2, 0.25) is 0 Å². The number of hydrogen-bond donors (Lipinski definition) is 2. The minimum absolute atomic E-state index is 0.00710. The number of rotatable bonds is 10. The molecule has 1 aromatic carbocycles. The van der Waals surface area contributed by atoms with Gasteiger partial charge in [-0.25, -0.2) is 0 Å². The zero-order valence-corrected chi connectivity index (χ0v) is 27.9. The summed E-state index contributed by atoms with van der Waals surface area (Å²) in [6.45, 7) is 7.11. The van der Waals surface area contributed by atoms with Crippen molar-refractivity contribution in [3.63, 3.8) is 0 Å². The molecule has 0 radical (unpaired) electrons. The van der Waals surface area contributed by atoms with Crippen LogP contribution in [0.4, 0.5) is 0 Å². The number of fused-ring (bicyclic) bond motifs is 5. The van der Waals surface area contributed by atoms with Gasteiger partial charge in [0.25, 0.3) is 0 Å². The van der Waals surface area contributed by atoms with E-state index in [9.17, 15) is 14.4 Å². The van der Waals surface area contributed by atoms with E-state index in [0.717, 1.165) is 54.8 Å². The lowest BCUT2D eigenvalue weighted by molar-refractivity contribution is -0.169. The van der Waals surface area contributed by atoms with Crippen molar-refractivity contribution in [2.45, 2.75) is 63.3 Å². The highest BCUT2D eigenvalue weighted by molar-refractivity contribution is 5.93. The van der Waals surface area contributed by atoms with Gasteiger partial charge in [-0.15, -0.1) is 0 Å². The van der Waals surface area contributed by atoms with Gasteiger partial charge in [-0.3, -0.25) is 19.3 Å². The third kappa shape index (κ3) is 6.38. The van der Waals surface area contributed by atoms with Gasteiger partial charge in [0, 0.05) is 74.7 Å². The Balaban J connectivity index is 1.22. The summed E-state index contributed by atoms with van der Waals surface area (Å²) in [5.74, 6) is 0.362. The number of ether oxygens (including phenoxy) is 3. The normalized spacial score (nSPS) is 27.1. The molecule has 5 heterocycles. The summed E-state index contributed by atoms with van der Waals surface area (Å²) in [5, 5.41) is 4.17. The standard InChI is InChI=1S/C36H51N5O6/c1-45-27-6-7-31-29(24-27)28-9-12-41-34(43)26(23-32(42)37-11-13-39-14-18-46-19-15-39)22-30(35(44)40-16-20-47-21-17-40)36(41,33(28)38-31)10-8-25-4-2-3-5-25/h6-7,24-26,30,38H,2-5,8-23H2,1H3,(H,37,42)/t26?,30-,36+/m1/s1. The molecule has 2 aromatic rings. The largest absolute Gasteiger partial charge is 0.497 e. The number of piperidine rings is 1. The Morgan fingerprint density at radius 3 is 2.53 bits per heavy atom. The first-order valence-corrected chi connectivity index (χ1v) is 17.9. The lowest BCUT2D eigenvalue weighted by atomic mass is 9.64. The fraction of sp³-hybridized carbons (Fsp3) is 0.694. The molecule has 3 saturated heterocycles. The molecular formula is C36H51N5O6. The average Bonchev–Trinajstić information content (AvgIpc) is 3.77. The predicted octanol–water partition coefficient (Wildman–Crippen LogP) is 3.06. The Bertz CT molecular complexity index is 1440. The molecule has 0 bridgehead atoms. The molecule has 2 N–H and O–H groups in total. The smallest absolute Gasteiger partial charge is 0.228 e. The predicted molar refractivity (Wildman–Crippen MR) is 177 cm³/mol. The van der Waals surface area contributed by atoms with Crippen molar-refractivity contribution >= 4 is 28.6 Å². The first kappa shape index (κ1) is 32.4. The quantitative estimate of drug-likeness (QED) is 0.407. The number of aromatic amines is 1. The molecule has 0 spiro atoms. The van der Waals surface area contributed by atoms with Gasteiger partial charge < -0.3 is 34.3 Å². The van der Waals surface area contributed by atoms with Crippen molar-refractivity contribution < 1.29 is 28.6 Å². The summed E-state index contributed by atoms with van der Waals surface area (Å²) < 4.78 is 16.7. The van der Waals surface area contributed by atoms with Crippen LogP contribution in [0.25, 0.3) is 10.9 Å². The number of hydrogen-bond acceptors (Lipinski definition) is 7. The molecule has 1 aromatic heterocycles. The molecule has 47 heavy (non-hydrogen) atoms. The zero-order chi connectivity index (χ0) is 32.4. The maximum absolute atomic E-state index is 14.8. The fourth-order valence-electron chi connectivity index (χ4n) is 9.12. The first-order valence-electron chi connectivity index (χ1n) is 17.9. The van der Waals surface area contributed by atoms with Gasteiger partial charge in [0.2, 0.25) is 17.7 Å². The van der Waals surface area contributed by atoms with Crippen LogP contribution in [-0.4, -0.2) is 117 Å². The number of aromatic nitrogens is 1. The summed E-state index contributed by atoms with van der Waals surface area (Å²) in [7, 11) is 1.68. The maximum Gasteiger partial charge on any atom is 0.228 e. The van der Waals surface area contributed by atoms with E-state index in [1.807, 2.05) is 15.9 Å². The monoisotopic (exact) mass is 649 g/mol. The van der Waals surface area contributed by atoms with E-state index in [4.69, 9.17) is 14.2 Å². The first-order chi connectivity index (χ1) is 23.0. The van der Waals surface area contributed by atoms with Crippen molar-refractivity contribution in [1.82, 2.24) is 25.0 Å². The third-order valence-corrected chi connectivity index (χ3v) is 11.6. The van der Waals surface area contributed by atoms with Crippen molar-refractivity contribution in [2.24, 2.45) is 17.8 Å². The number of carbonyl (C=O) groups is 3. The summed E-state index contributed by atoms with van der Waals surface area (Å²) in [4.78, 5) is 52.8. The number of methoxy groups -OCH3 is 1. The highest BCUT2D eigenvalue weighted by Crippen LogP contribution is 2.54. The van der Waals surface area contributed by atoms with Crippen LogP contribution in [0.3, 0.4) is 0 Å². The molecule has 3 atom stereocenters. The zero-order valence-electron chi connectivity index (χ0n) is 27.9. The van der Waals surface area contributed by atoms with Crippen LogP contribution < -0.4 is 10.1 Å². The number of nitrogens with zero attached hydrogens (tertiary/aromatic N) is 3. The fourth-order valence-corrected chi connectivity index (χ4v) is 9.12. The molecule has 11 heteroatoms. The van der Waals surface area contributed by atoms with Gasteiger partial charge >= 0.3 is 0 Å². The highest BCUT2D eigenvalue weighted by Gasteiger charge is 2.59. The molecular weight excluding hydrogens is 598 g/mol. The summed E-state index contributed by atoms with van der Waals surface area (Å²) in [6, 6.07) is 6.09. The number of benzene rings is 1. The number of H-pyrrole nitrogens is 1. The Kier molecular flexibility index (Phi) is 9.75. The molecule has 1 aliphatic carbocycles. The highest BCUT2D eigenvalue weighted by atomic mass is 16.5. The lowest BCUT2D eigenvalue weighted by Gasteiger charge is -2.56. The topological polar surface area (TPSA) is 116 Å². The number of morpholine rings is 2. The molecule has 4 fully saturated rings. The molecule has 5 aliphatic rings. The minimum atomic E-state index is -0.793. The van der Waals surface area contributed by atoms with Crippen LogP contribution in [0.5, 0.6) is 5.75 Å². The van der Waals surface area contributed by atoms with Crippen molar-refractivity contribution in [3.8, 4) is 5.75 Å². The molecule has 3 amide bonds. The molecule has 11 nitrogen and oxygen atoms in total. The Hall–Kier alpha value is -3.15. The van der Waals surface area contributed by atoms with Crippen molar-refractivity contribution in [3.05, 3.63) is 29.5 Å². The van der Waals surface area contributed by atoms with E-state index in [1.165, 1.54) is 31.2 Å². The minimum Gasteiger partial charge on any atom is -0.497 e. The molecule has 1 unspecified atom stereocenters. The molecule has 256 valence electrons. The van der Waals surface area contributed by atoms with Crippen molar-refractivity contribution in [1.29, 1.82) is 0 Å². The average molecular weight is 650 g/mol. The van der Waals surface area contributed by atoms with Gasteiger partial charge in [0.05, 0.1) is 45.0 Å². The van der Waals surface area contributed by atoms with E-state index >= 15 is 0 Å². The van der Waals surface area contributed by atoms with Gasteiger partial charge in [-0.2, -0.15) is 0 Å². The van der Waals surface area contributed by atoms with Crippen LogP contribution in [0, 0.1) is 17.8 Å². The van der Waals surface area contributed by atoms with E-state index in [2.05, 4.69) is 27.3 Å². The number of amides is 3. The number of nitrogens with one attached hydrogen (secondary N) is 2. The second-order valence-electron chi connectivity index (χ2n) is 14.2. The van der Waals surface area contributed by atoms with Gasteiger partial charge in [0.1, 0.15) is 5.75 Å². The Labute approximate surface area is 277 Å². The van der Waals surface area contributed by atoms with Gasteiger partial charge in [-0.05, 0) is 55.4 Å². The van der Waals surface area contributed by atoms with Crippen LogP contribution in [0.1, 0.15) is 62.6 Å². The Morgan fingerprint density at radius 2 is 1.79 bits per heavy atom. The van der Waals surface area contributed by atoms with E-state index < -0.39 is 17.4 Å². The van der Waals surface area contributed by atoms with Crippen LogP contribution in [-0.2, 0) is 35.8 Å². The van der Waals surface area contributed by atoms with E-state index in [0.29, 0.717) is 71.4 Å². The second-order valence-corrected chi connectivity index (χ2v) is 14.2. The maximum atomic E-state index is 14.8. The molecule has 7 rings (SSSR count). The molecule has 1 saturated carbocycles. The van der Waals surface area contributed by atoms with E-state index in [1.54, 1.807) is 7.11 Å². The Morgan fingerprint density at radius 1 is 1.04 bits per heavy atom. The third-order valence-electron chi connectivity index (χ3n) is 11.6. The lowest BCUT2D eigenvalue weighted by Crippen LogP contribution is -2.66. The van der Waals surface area contributed by atoms with Crippen LogP contribution >= 0.6 is 0 Å². The second kappa shape index (κ2) is 14.1. The van der Waals surface area contributed by atoms with E-state index in [-0.39, 0.29) is 24.1 Å². The van der Waals surface area contributed by atoms with Gasteiger partial charge in [0.15, 0.2) is 0 Å².